The number of hydrogen-bond donors (Lipinski definition) is 0. The van der Waals surface area contributed by atoms with Crippen molar-refractivity contribution in [2.75, 3.05) is 24.7 Å². The van der Waals surface area contributed by atoms with Crippen molar-refractivity contribution in [3.63, 3.8) is 0 Å². The van der Waals surface area contributed by atoms with Crippen LogP contribution in [0.2, 0.25) is 0 Å². The molecule has 0 aromatic rings. The van der Waals surface area contributed by atoms with Crippen LogP contribution in [0.25, 0.3) is 0 Å². The van der Waals surface area contributed by atoms with Crippen molar-refractivity contribution in [3.8, 4) is 0 Å². The van der Waals surface area contributed by atoms with E-state index < -0.39 is 0 Å². The highest BCUT2D eigenvalue weighted by Crippen LogP contribution is 2.39. The largest absolute Gasteiger partial charge is 0.352 e. The Kier molecular flexibility index (Phi) is 3.84. The van der Waals surface area contributed by atoms with Crippen molar-refractivity contribution >= 4 is 23.5 Å². The summed E-state index contributed by atoms with van der Waals surface area (Å²) in [4.78, 5) is 0. The van der Waals surface area contributed by atoms with Crippen LogP contribution in [0.5, 0.6) is 0 Å². The topological polar surface area (TPSA) is 18.5 Å². The van der Waals surface area contributed by atoms with E-state index in [1.54, 1.807) is 0 Å². The average Bonchev–Trinajstić information content (AvgIpc) is 2.71. The molecule has 2 heterocycles. The van der Waals surface area contributed by atoms with Crippen molar-refractivity contribution < 1.29 is 9.47 Å². The zero-order chi connectivity index (χ0) is 9.10. The van der Waals surface area contributed by atoms with Gasteiger partial charge in [-0.1, -0.05) is 6.92 Å². The second-order valence-corrected chi connectivity index (χ2v) is 6.23. The lowest BCUT2D eigenvalue weighted by atomic mass is 10.2. The Labute approximate surface area is 88.1 Å². The molecule has 0 aromatic heterocycles. The fraction of sp³-hybridized carbons (Fsp3) is 1.00. The van der Waals surface area contributed by atoms with Crippen LogP contribution in [0, 0.1) is 5.92 Å². The Morgan fingerprint density at radius 2 is 1.77 bits per heavy atom. The Bertz CT molecular complexity index is 154. The van der Waals surface area contributed by atoms with E-state index in [1.165, 1.54) is 11.5 Å². The van der Waals surface area contributed by atoms with Gasteiger partial charge in [0.25, 0.3) is 0 Å². The van der Waals surface area contributed by atoms with Crippen LogP contribution in [-0.2, 0) is 9.47 Å². The molecule has 0 N–H and O–H groups in total. The first kappa shape index (κ1) is 10.1. The van der Waals surface area contributed by atoms with Gasteiger partial charge in [0.2, 0.25) is 0 Å². The SMILES string of the molecule is CC(C1OCCCO1)C1SCCS1. The van der Waals surface area contributed by atoms with Crippen LogP contribution in [-0.4, -0.2) is 35.6 Å². The van der Waals surface area contributed by atoms with Gasteiger partial charge < -0.3 is 9.47 Å². The fourth-order valence-corrected chi connectivity index (χ4v) is 4.68. The number of ether oxygens (including phenoxy) is 2. The van der Waals surface area contributed by atoms with Gasteiger partial charge in [0.05, 0.1) is 17.8 Å². The minimum Gasteiger partial charge on any atom is -0.352 e. The molecule has 0 radical (unpaired) electrons. The van der Waals surface area contributed by atoms with Gasteiger partial charge in [-0.3, -0.25) is 0 Å². The number of thioether (sulfide) groups is 2. The molecule has 2 aliphatic heterocycles. The van der Waals surface area contributed by atoms with Crippen LogP contribution >= 0.6 is 23.5 Å². The quantitative estimate of drug-likeness (QED) is 0.710. The summed E-state index contributed by atoms with van der Waals surface area (Å²) in [7, 11) is 0. The molecule has 2 rings (SSSR count). The van der Waals surface area contributed by atoms with E-state index in [1.807, 2.05) is 23.5 Å². The maximum atomic E-state index is 5.60. The zero-order valence-electron chi connectivity index (χ0n) is 7.90. The lowest BCUT2D eigenvalue weighted by Crippen LogP contribution is -2.34. The third kappa shape index (κ3) is 2.55. The highest BCUT2D eigenvalue weighted by Gasteiger charge is 2.31. The molecule has 0 spiro atoms. The van der Waals surface area contributed by atoms with Crippen LogP contribution in [0.15, 0.2) is 0 Å². The molecular weight excluding hydrogens is 204 g/mol. The first-order valence-corrected chi connectivity index (χ1v) is 6.94. The molecule has 1 atom stereocenters. The lowest BCUT2D eigenvalue weighted by molar-refractivity contribution is -0.199. The van der Waals surface area contributed by atoms with Crippen LogP contribution in [0.3, 0.4) is 0 Å². The Balaban J connectivity index is 1.83. The molecule has 2 fully saturated rings. The molecule has 0 amide bonds. The summed E-state index contributed by atoms with van der Waals surface area (Å²) < 4.78 is 11.9. The molecule has 2 nitrogen and oxygen atoms in total. The second-order valence-electron chi connectivity index (χ2n) is 3.43. The van der Waals surface area contributed by atoms with E-state index in [0.29, 0.717) is 10.5 Å². The van der Waals surface area contributed by atoms with Gasteiger partial charge >= 0.3 is 0 Å². The molecule has 0 saturated carbocycles. The second kappa shape index (κ2) is 4.91. The van der Waals surface area contributed by atoms with E-state index in [0.717, 1.165) is 19.6 Å². The third-order valence-electron chi connectivity index (χ3n) is 2.36. The molecule has 76 valence electrons. The van der Waals surface area contributed by atoms with Crippen molar-refractivity contribution in [3.05, 3.63) is 0 Å². The standard InChI is InChI=1S/C9H16O2S2/c1-7(9-12-5-6-13-9)8-10-3-2-4-11-8/h7-9H,2-6H2,1H3. The van der Waals surface area contributed by atoms with Crippen LogP contribution in [0.1, 0.15) is 13.3 Å². The monoisotopic (exact) mass is 220 g/mol. The highest BCUT2D eigenvalue weighted by atomic mass is 32.2. The van der Waals surface area contributed by atoms with Gasteiger partial charge in [0, 0.05) is 17.4 Å². The summed E-state index contributed by atoms with van der Waals surface area (Å²) in [6.07, 6.45) is 1.10. The van der Waals surface area contributed by atoms with Gasteiger partial charge in [0.1, 0.15) is 0 Å². The minimum atomic E-state index is 0.0526. The van der Waals surface area contributed by atoms with E-state index in [9.17, 15) is 0 Å². The molecule has 13 heavy (non-hydrogen) atoms. The first-order valence-electron chi connectivity index (χ1n) is 4.84. The predicted molar refractivity (Wildman–Crippen MR) is 58.2 cm³/mol. The van der Waals surface area contributed by atoms with Crippen molar-refractivity contribution in [2.45, 2.75) is 24.2 Å². The zero-order valence-corrected chi connectivity index (χ0v) is 9.53. The minimum absolute atomic E-state index is 0.0526. The first-order chi connectivity index (χ1) is 6.38. The molecule has 2 aliphatic rings. The van der Waals surface area contributed by atoms with Crippen molar-refractivity contribution in [2.24, 2.45) is 5.92 Å². The Morgan fingerprint density at radius 1 is 1.15 bits per heavy atom. The van der Waals surface area contributed by atoms with Crippen LogP contribution < -0.4 is 0 Å². The number of hydrogen-bond acceptors (Lipinski definition) is 4. The molecule has 0 bridgehead atoms. The normalized spacial score (nSPS) is 29.3. The highest BCUT2D eigenvalue weighted by molar-refractivity contribution is 8.20. The smallest absolute Gasteiger partial charge is 0.161 e. The van der Waals surface area contributed by atoms with Crippen molar-refractivity contribution in [1.29, 1.82) is 0 Å². The molecule has 0 aliphatic carbocycles. The van der Waals surface area contributed by atoms with Gasteiger partial charge in [-0.15, -0.1) is 23.5 Å². The molecule has 2 saturated heterocycles. The summed E-state index contributed by atoms with van der Waals surface area (Å²) in [5.41, 5.74) is 0. The summed E-state index contributed by atoms with van der Waals surface area (Å²) in [5, 5.41) is 0. The van der Waals surface area contributed by atoms with Gasteiger partial charge in [-0.05, 0) is 6.42 Å². The Hall–Kier alpha value is 0.620. The summed E-state index contributed by atoms with van der Waals surface area (Å²) in [5.74, 6) is 3.09. The molecule has 4 heteroatoms. The third-order valence-corrected chi connectivity index (χ3v) is 5.83. The van der Waals surface area contributed by atoms with E-state index in [4.69, 9.17) is 9.47 Å². The molecule has 0 aromatic carbocycles. The lowest BCUT2D eigenvalue weighted by Gasteiger charge is -2.30. The van der Waals surface area contributed by atoms with Crippen molar-refractivity contribution in [1.82, 2.24) is 0 Å². The maximum absolute atomic E-state index is 5.60. The molecular formula is C9H16O2S2. The number of rotatable bonds is 2. The fourth-order valence-electron chi connectivity index (χ4n) is 1.62. The predicted octanol–water partition coefficient (Wildman–Crippen LogP) is 2.19. The van der Waals surface area contributed by atoms with E-state index in [2.05, 4.69) is 6.92 Å². The molecule has 1 unspecified atom stereocenters. The summed E-state index contributed by atoms with van der Waals surface area (Å²) in [6, 6.07) is 0. The Morgan fingerprint density at radius 3 is 2.38 bits per heavy atom. The van der Waals surface area contributed by atoms with Gasteiger partial charge in [0.15, 0.2) is 6.29 Å². The average molecular weight is 220 g/mol. The van der Waals surface area contributed by atoms with E-state index >= 15 is 0 Å². The van der Waals surface area contributed by atoms with E-state index in [-0.39, 0.29) is 6.29 Å². The summed E-state index contributed by atoms with van der Waals surface area (Å²) in [6.45, 7) is 3.99. The van der Waals surface area contributed by atoms with Crippen LogP contribution in [0.4, 0.5) is 0 Å². The van der Waals surface area contributed by atoms with Gasteiger partial charge in [-0.25, -0.2) is 0 Å². The van der Waals surface area contributed by atoms with Gasteiger partial charge in [-0.2, -0.15) is 0 Å². The maximum Gasteiger partial charge on any atom is 0.161 e. The summed E-state index contributed by atoms with van der Waals surface area (Å²) >= 11 is 4.09.